The summed E-state index contributed by atoms with van der Waals surface area (Å²) in [6, 6.07) is 8.43. The molecule has 2 rings (SSSR count). The molecule has 0 unspecified atom stereocenters. The van der Waals surface area contributed by atoms with E-state index in [1.54, 1.807) is 11.3 Å². The minimum atomic E-state index is 0.703. The van der Waals surface area contributed by atoms with Crippen molar-refractivity contribution in [2.75, 3.05) is 18.0 Å². The number of aromatic nitrogens is 1. The van der Waals surface area contributed by atoms with Crippen LogP contribution in [-0.2, 0) is 6.42 Å². The first-order valence-electron chi connectivity index (χ1n) is 6.74. The molecular weight excluding hydrogens is 254 g/mol. The average Bonchev–Trinajstić information content (AvgIpc) is 2.90. The fourth-order valence-corrected chi connectivity index (χ4v) is 2.97. The summed E-state index contributed by atoms with van der Waals surface area (Å²) in [5.41, 5.74) is 9.32. The second-order valence-corrected chi connectivity index (χ2v) is 5.39. The van der Waals surface area contributed by atoms with Crippen molar-refractivity contribution in [1.82, 2.24) is 4.98 Å². The molecule has 0 aliphatic heterocycles. The molecule has 0 spiro atoms. The third-order valence-electron chi connectivity index (χ3n) is 3.12. The Hall–Kier alpha value is -1.39. The molecule has 4 heteroatoms. The summed E-state index contributed by atoms with van der Waals surface area (Å²) in [5.74, 6) is 0. The minimum absolute atomic E-state index is 0.703. The summed E-state index contributed by atoms with van der Waals surface area (Å²) in [6.07, 6.45) is 1.95. The van der Waals surface area contributed by atoms with Gasteiger partial charge in [-0.2, -0.15) is 0 Å². The van der Waals surface area contributed by atoms with Crippen LogP contribution in [0.2, 0.25) is 0 Å². The Morgan fingerprint density at radius 1 is 1.32 bits per heavy atom. The molecule has 0 radical (unpaired) electrons. The first-order chi connectivity index (χ1) is 9.26. The van der Waals surface area contributed by atoms with Gasteiger partial charge in [0.05, 0.1) is 5.69 Å². The number of nitrogens with zero attached hydrogens (tertiary/aromatic N) is 2. The Labute approximate surface area is 119 Å². The van der Waals surface area contributed by atoms with Crippen molar-refractivity contribution in [2.24, 2.45) is 5.73 Å². The lowest BCUT2D eigenvalue weighted by molar-refractivity contribution is 0.812. The van der Waals surface area contributed by atoms with E-state index in [1.165, 1.54) is 11.3 Å². The van der Waals surface area contributed by atoms with Gasteiger partial charge in [0.15, 0.2) is 5.13 Å². The molecule has 1 aromatic carbocycles. The topological polar surface area (TPSA) is 42.1 Å². The second kappa shape index (κ2) is 6.68. The lowest BCUT2D eigenvalue weighted by Gasteiger charge is -2.23. The predicted molar refractivity (Wildman–Crippen MR) is 83.3 cm³/mol. The summed E-state index contributed by atoms with van der Waals surface area (Å²) >= 11 is 1.71. The number of rotatable bonds is 6. The molecule has 3 nitrogen and oxygen atoms in total. The SMILES string of the molecule is CCc1csc(N(CCCN)c2ccccc2C)n1. The maximum absolute atomic E-state index is 5.66. The number of hydrogen-bond donors (Lipinski definition) is 1. The normalized spacial score (nSPS) is 10.7. The van der Waals surface area contributed by atoms with E-state index in [4.69, 9.17) is 10.7 Å². The highest BCUT2D eigenvalue weighted by Gasteiger charge is 2.14. The Morgan fingerprint density at radius 3 is 2.74 bits per heavy atom. The number of aryl methyl sites for hydroxylation is 2. The molecule has 0 saturated heterocycles. The van der Waals surface area contributed by atoms with Crippen LogP contribution in [0.4, 0.5) is 10.8 Å². The molecule has 19 heavy (non-hydrogen) atoms. The standard InChI is InChI=1S/C15H21N3S/c1-3-13-11-19-15(17-13)18(10-6-9-16)14-8-5-4-7-12(14)2/h4-5,7-8,11H,3,6,9-10,16H2,1-2H3. The smallest absolute Gasteiger partial charge is 0.190 e. The summed E-state index contributed by atoms with van der Waals surface area (Å²) in [6.45, 7) is 5.89. The van der Waals surface area contributed by atoms with Crippen LogP contribution in [-0.4, -0.2) is 18.1 Å². The first kappa shape index (κ1) is 14.0. The van der Waals surface area contributed by atoms with Gasteiger partial charge in [-0.15, -0.1) is 11.3 Å². The van der Waals surface area contributed by atoms with E-state index >= 15 is 0 Å². The van der Waals surface area contributed by atoms with Gasteiger partial charge in [0.2, 0.25) is 0 Å². The van der Waals surface area contributed by atoms with Gasteiger partial charge >= 0.3 is 0 Å². The van der Waals surface area contributed by atoms with Gasteiger partial charge in [0, 0.05) is 17.6 Å². The van der Waals surface area contributed by atoms with E-state index in [0.29, 0.717) is 6.54 Å². The zero-order chi connectivity index (χ0) is 13.7. The van der Waals surface area contributed by atoms with Crippen LogP contribution in [0.5, 0.6) is 0 Å². The largest absolute Gasteiger partial charge is 0.330 e. The molecule has 2 N–H and O–H groups in total. The molecule has 1 heterocycles. The lowest BCUT2D eigenvalue weighted by Crippen LogP contribution is -2.21. The molecular formula is C15H21N3S. The average molecular weight is 275 g/mol. The third-order valence-corrected chi connectivity index (χ3v) is 4.04. The molecule has 0 atom stereocenters. The molecule has 102 valence electrons. The van der Waals surface area contributed by atoms with Crippen molar-refractivity contribution in [1.29, 1.82) is 0 Å². The highest BCUT2D eigenvalue weighted by Crippen LogP contribution is 2.31. The monoisotopic (exact) mass is 275 g/mol. The van der Waals surface area contributed by atoms with Gasteiger partial charge in [-0.3, -0.25) is 0 Å². The highest BCUT2D eigenvalue weighted by atomic mass is 32.1. The maximum Gasteiger partial charge on any atom is 0.190 e. The molecule has 2 aromatic rings. The molecule has 0 aliphatic rings. The Morgan fingerprint density at radius 2 is 2.11 bits per heavy atom. The highest BCUT2D eigenvalue weighted by molar-refractivity contribution is 7.13. The summed E-state index contributed by atoms with van der Waals surface area (Å²) in [7, 11) is 0. The lowest BCUT2D eigenvalue weighted by atomic mass is 10.2. The number of thiazole rings is 1. The van der Waals surface area contributed by atoms with Crippen molar-refractivity contribution in [3.05, 3.63) is 40.9 Å². The van der Waals surface area contributed by atoms with E-state index in [0.717, 1.165) is 30.2 Å². The van der Waals surface area contributed by atoms with Crippen LogP contribution in [0, 0.1) is 6.92 Å². The quantitative estimate of drug-likeness (QED) is 0.877. The van der Waals surface area contributed by atoms with Crippen molar-refractivity contribution in [2.45, 2.75) is 26.7 Å². The van der Waals surface area contributed by atoms with Gasteiger partial charge in [0.1, 0.15) is 0 Å². The summed E-state index contributed by atoms with van der Waals surface area (Å²) in [5, 5.41) is 3.21. The zero-order valence-corrected chi connectivity index (χ0v) is 12.4. The van der Waals surface area contributed by atoms with E-state index in [2.05, 4.69) is 48.4 Å². The second-order valence-electron chi connectivity index (χ2n) is 4.56. The van der Waals surface area contributed by atoms with Gasteiger partial charge in [-0.25, -0.2) is 4.98 Å². The van der Waals surface area contributed by atoms with Gasteiger partial charge in [-0.1, -0.05) is 25.1 Å². The number of nitrogens with two attached hydrogens (primary N) is 1. The first-order valence-corrected chi connectivity index (χ1v) is 7.62. The van der Waals surface area contributed by atoms with E-state index < -0.39 is 0 Å². The summed E-state index contributed by atoms with van der Waals surface area (Å²) < 4.78 is 0. The molecule has 0 fully saturated rings. The van der Waals surface area contributed by atoms with Crippen LogP contribution in [0.3, 0.4) is 0 Å². The third kappa shape index (κ3) is 3.33. The fraction of sp³-hybridized carbons (Fsp3) is 0.400. The van der Waals surface area contributed by atoms with Crippen LogP contribution in [0.15, 0.2) is 29.6 Å². The van der Waals surface area contributed by atoms with E-state index in [1.807, 2.05) is 0 Å². The van der Waals surface area contributed by atoms with Crippen LogP contribution < -0.4 is 10.6 Å². The molecule has 0 aliphatic carbocycles. The van der Waals surface area contributed by atoms with Crippen LogP contribution >= 0.6 is 11.3 Å². The number of para-hydroxylation sites is 1. The van der Waals surface area contributed by atoms with Gasteiger partial charge in [-0.05, 0) is 37.9 Å². The van der Waals surface area contributed by atoms with Crippen molar-refractivity contribution >= 4 is 22.2 Å². The van der Waals surface area contributed by atoms with E-state index in [9.17, 15) is 0 Å². The van der Waals surface area contributed by atoms with E-state index in [-0.39, 0.29) is 0 Å². The van der Waals surface area contributed by atoms with Crippen LogP contribution in [0.25, 0.3) is 0 Å². The zero-order valence-electron chi connectivity index (χ0n) is 11.6. The Balaban J connectivity index is 2.32. The van der Waals surface area contributed by atoms with Crippen molar-refractivity contribution < 1.29 is 0 Å². The number of hydrogen-bond acceptors (Lipinski definition) is 4. The number of anilines is 2. The molecule has 1 aromatic heterocycles. The van der Waals surface area contributed by atoms with Crippen molar-refractivity contribution in [3.63, 3.8) is 0 Å². The molecule has 0 amide bonds. The maximum atomic E-state index is 5.66. The predicted octanol–water partition coefficient (Wildman–Crippen LogP) is 3.50. The van der Waals surface area contributed by atoms with Gasteiger partial charge in [0.25, 0.3) is 0 Å². The minimum Gasteiger partial charge on any atom is -0.330 e. The Kier molecular flexibility index (Phi) is 4.93. The number of benzene rings is 1. The molecule has 0 saturated carbocycles. The fourth-order valence-electron chi connectivity index (χ4n) is 2.02. The van der Waals surface area contributed by atoms with Crippen molar-refractivity contribution in [3.8, 4) is 0 Å². The van der Waals surface area contributed by atoms with Gasteiger partial charge < -0.3 is 10.6 Å². The summed E-state index contributed by atoms with van der Waals surface area (Å²) in [4.78, 5) is 6.99. The molecule has 0 bridgehead atoms. The Bertz CT molecular complexity index is 522. The van der Waals surface area contributed by atoms with Crippen LogP contribution in [0.1, 0.15) is 24.6 Å².